The van der Waals surface area contributed by atoms with Crippen LogP contribution in [0.1, 0.15) is 213 Å². The lowest BCUT2D eigenvalue weighted by Gasteiger charge is -2.48. The summed E-state index contributed by atoms with van der Waals surface area (Å²) in [5, 5.41) is 120. The highest BCUT2D eigenvalue weighted by atomic mass is 16.8. The zero-order valence-corrected chi connectivity index (χ0v) is 47.7. The van der Waals surface area contributed by atoms with Crippen LogP contribution in [0.4, 0.5) is 0 Å². The Morgan fingerprint density at radius 1 is 0.462 bits per heavy atom. The number of aliphatic hydroxyl groups is 11. The smallest absolute Gasteiger partial charge is 0.220 e. The molecule has 3 aliphatic rings. The molecule has 458 valence electrons. The molecule has 0 radical (unpaired) electrons. The fraction of sp³-hybridized carbons (Fsp3) is 0.915. The first-order valence-electron chi connectivity index (χ1n) is 30.6. The number of carbonyl (C=O) groups excluding carboxylic acids is 1. The van der Waals surface area contributed by atoms with E-state index in [9.17, 15) is 61.0 Å². The minimum Gasteiger partial charge on any atom is -0.394 e. The standard InChI is InChI=1S/C59H109NO18/c1-3-5-7-9-11-12-13-14-15-16-17-18-19-20-21-22-23-24-25-26-27-28-29-30-31-33-35-37-47(65)60-42(43(64)36-34-32-10-8-6-4-2)41-73-57-53(71)50(68)55(45(39-62)75-57)78-59-54(72)51(69)56(46(40-63)76-59)77-58-52(70)49(67)48(66)44(38-61)74-58/h13-14,16-17,42-46,48-59,61-64,66-72H,3-12,15,18-41H2,1-2H3,(H,60,65)/b14-13-,17-16-. The van der Waals surface area contributed by atoms with E-state index in [0.29, 0.717) is 12.8 Å². The average Bonchev–Trinajstić information content (AvgIpc) is 3.45. The van der Waals surface area contributed by atoms with Crippen LogP contribution in [0, 0.1) is 0 Å². The molecule has 0 saturated carbocycles. The summed E-state index contributed by atoms with van der Waals surface area (Å²) in [6.45, 7) is 1.70. The number of ether oxygens (including phenoxy) is 6. The molecule has 19 nitrogen and oxygen atoms in total. The largest absolute Gasteiger partial charge is 0.394 e. The molecule has 0 aromatic rings. The monoisotopic (exact) mass is 1120 g/mol. The molecule has 19 heteroatoms. The van der Waals surface area contributed by atoms with Crippen molar-refractivity contribution in [3.63, 3.8) is 0 Å². The first-order valence-corrected chi connectivity index (χ1v) is 30.6. The number of allylic oxidation sites excluding steroid dienone is 4. The second kappa shape index (κ2) is 43.0. The second-order valence-corrected chi connectivity index (χ2v) is 22.2. The van der Waals surface area contributed by atoms with Gasteiger partial charge in [-0.2, -0.15) is 0 Å². The zero-order valence-electron chi connectivity index (χ0n) is 47.7. The third kappa shape index (κ3) is 26.7. The lowest BCUT2D eigenvalue weighted by molar-refractivity contribution is -0.379. The molecule has 17 unspecified atom stereocenters. The molecular formula is C59H109NO18. The first kappa shape index (κ1) is 70.5. The van der Waals surface area contributed by atoms with Gasteiger partial charge >= 0.3 is 0 Å². The van der Waals surface area contributed by atoms with Crippen molar-refractivity contribution in [2.24, 2.45) is 0 Å². The molecule has 1 amide bonds. The Morgan fingerprint density at radius 2 is 0.846 bits per heavy atom. The van der Waals surface area contributed by atoms with Gasteiger partial charge in [0.2, 0.25) is 5.91 Å². The van der Waals surface area contributed by atoms with E-state index in [1.165, 1.54) is 116 Å². The van der Waals surface area contributed by atoms with Crippen LogP contribution in [-0.4, -0.2) is 193 Å². The van der Waals surface area contributed by atoms with Crippen LogP contribution < -0.4 is 5.32 Å². The predicted octanol–water partition coefficient (Wildman–Crippen LogP) is 5.54. The van der Waals surface area contributed by atoms with Crippen molar-refractivity contribution >= 4 is 5.91 Å². The third-order valence-electron chi connectivity index (χ3n) is 15.5. The quantitative estimate of drug-likeness (QED) is 0.0263. The van der Waals surface area contributed by atoms with Crippen molar-refractivity contribution < 1.29 is 89.4 Å². The number of rotatable bonds is 45. The fourth-order valence-electron chi connectivity index (χ4n) is 10.5. The molecule has 3 heterocycles. The topological polar surface area (TPSA) is 307 Å². The van der Waals surface area contributed by atoms with Gasteiger partial charge in [-0.15, -0.1) is 0 Å². The van der Waals surface area contributed by atoms with E-state index in [4.69, 9.17) is 28.4 Å². The van der Waals surface area contributed by atoms with Gasteiger partial charge < -0.3 is 89.9 Å². The molecule has 12 N–H and O–H groups in total. The maximum Gasteiger partial charge on any atom is 0.220 e. The lowest BCUT2D eigenvalue weighted by atomic mass is 9.96. The van der Waals surface area contributed by atoms with Gasteiger partial charge in [0.05, 0.1) is 38.6 Å². The zero-order chi connectivity index (χ0) is 56.9. The van der Waals surface area contributed by atoms with Crippen LogP contribution in [0.2, 0.25) is 0 Å². The van der Waals surface area contributed by atoms with Crippen molar-refractivity contribution in [1.82, 2.24) is 5.32 Å². The average molecular weight is 1120 g/mol. The second-order valence-electron chi connectivity index (χ2n) is 22.2. The van der Waals surface area contributed by atoms with Crippen molar-refractivity contribution in [2.45, 2.75) is 317 Å². The Morgan fingerprint density at radius 3 is 1.31 bits per heavy atom. The van der Waals surface area contributed by atoms with Crippen LogP contribution in [0.3, 0.4) is 0 Å². The lowest BCUT2D eigenvalue weighted by Crippen LogP contribution is -2.66. The van der Waals surface area contributed by atoms with Crippen LogP contribution in [0.25, 0.3) is 0 Å². The normalized spacial score (nSPS) is 30.6. The fourth-order valence-corrected chi connectivity index (χ4v) is 10.5. The Kier molecular flexibility index (Phi) is 38.9. The predicted molar refractivity (Wildman–Crippen MR) is 296 cm³/mol. The van der Waals surface area contributed by atoms with Crippen LogP contribution in [0.15, 0.2) is 24.3 Å². The Hall–Kier alpha value is -1.73. The summed E-state index contributed by atoms with van der Waals surface area (Å²) < 4.78 is 34.2. The van der Waals surface area contributed by atoms with E-state index in [1.54, 1.807) is 0 Å². The van der Waals surface area contributed by atoms with Crippen molar-refractivity contribution in [3.05, 3.63) is 24.3 Å². The molecule has 3 rings (SSSR count). The van der Waals surface area contributed by atoms with Gasteiger partial charge in [-0.05, 0) is 44.9 Å². The van der Waals surface area contributed by atoms with Gasteiger partial charge in [-0.1, -0.05) is 186 Å². The molecule has 17 atom stereocenters. The summed E-state index contributed by atoms with van der Waals surface area (Å²) in [6, 6.07) is -0.881. The van der Waals surface area contributed by atoms with Gasteiger partial charge in [0.25, 0.3) is 0 Å². The van der Waals surface area contributed by atoms with Crippen molar-refractivity contribution in [1.29, 1.82) is 0 Å². The van der Waals surface area contributed by atoms with Crippen LogP contribution >= 0.6 is 0 Å². The molecule has 0 aromatic heterocycles. The molecule has 0 aromatic carbocycles. The van der Waals surface area contributed by atoms with Gasteiger partial charge in [-0.3, -0.25) is 4.79 Å². The number of unbranched alkanes of at least 4 members (excludes halogenated alkanes) is 25. The molecular weight excluding hydrogens is 1010 g/mol. The Labute approximate surface area is 467 Å². The molecule has 3 saturated heterocycles. The van der Waals surface area contributed by atoms with E-state index in [-0.39, 0.29) is 18.9 Å². The summed E-state index contributed by atoms with van der Waals surface area (Å²) in [7, 11) is 0. The highest BCUT2D eigenvalue weighted by Crippen LogP contribution is 2.33. The maximum absolute atomic E-state index is 13.3. The van der Waals surface area contributed by atoms with E-state index in [1.807, 2.05) is 0 Å². The number of hydrogen-bond acceptors (Lipinski definition) is 18. The minimum absolute atomic E-state index is 0.248. The summed E-state index contributed by atoms with van der Waals surface area (Å²) >= 11 is 0. The van der Waals surface area contributed by atoms with E-state index in [0.717, 1.165) is 64.2 Å². The number of amides is 1. The van der Waals surface area contributed by atoms with Gasteiger partial charge in [0.1, 0.15) is 73.2 Å². The summed E-state index contributed by atoms with van der Waals surface area (Å²) in [6.07, 6.45) is 17.6. The van der Waals surface area contributed by atoms with E-state index >= 15 is 0 Å². The molecule has 0 bridgehead atoms. The maximum atomic E-state index is 13.3. The van der Waals surface area contributed by atoms with Crippen LogP contribution in [0.5, 0.6) is 0 Å². The molecule has 3 fully saturated rings. The summed E-state index contributed by atoms with van der Waals surface area (Å²) in [5.41, 5.74) is 0. The summed E-state index contributed by atoms with van der Waals surface area (Å²) in [4.78, 5) is 13.3. The van der Waals surface area contributed by atoms with E-state index in [2.05, 4.69) is 43.5 Å². The molecule has 0 spiro atoms. The highest BCUT2D eigenvalue weighted by molar-refractivity contribution is 5.76. The van der Waals surface area contributed by atoms with Crippen molar-refractivity contribution in [2.75, 3.05) is 26.4 Å². The Bertz CT molecular complexity index is 1530. The third-order valence-corrected chi connectivity index (χ3v) is 15.5. The summed E-state index contributed by atoms with van der Waals surface area (Å²) in [5.74, 6) is -0.248. The number of nitrogens with one attached hydrogen (secondary N) is 1. The highest BCUT2D eigenvalue weighted by Gasteiger charge is 2.53. The number of aliphatic hydroxyl groups excluding tert-OH is 11. The molecule has 3 aliphatic heterocycles. The molecule has 78 heavy (non-hydrogen) atoms. The Balaban J connectivity index is 1.36. The first-order chi connectivity index (χ1) is 37.8. The van der Waals surface area contributed by atoms with E-state index < -0.39 is 124 Å². The van der Waals surface area contributed by atoms with Gasteiger partial charge in [0.15, 0.2) is 18.9 Å². The number of carbonyl (C=O) groups is 1. The SMILES string of the molecule is CCCCCCC/C=C\C/C=C\CCCCCCCCCCCCCCCCCC(=O)NC(COC1OC(CO)C(OC2OC(CO)C(OC3OC(CO)C(O)C(O)C3O)C(O)C2O)C(O)C1O)C(O)CCCCCCCC. The number of hydrogen-bond donors (Lipinski definition) is 12. The van der Waals surface area contributed by atoms with Gasteiger partial charge in [-0.25, -0.2) is 0 Å². The van der Waals surface area contributed by atoms with Crippen molar-refractivity contribution in [3.8, 4) is 0 Å². The van der Waals surface area contributed by atoms with Gasteiger partial charge in [0, 0.05) is 6.42 Å². The minimum atomic E-state index is -1.97. The molecule has 0 aliphatic carbocycles. The van der Waals surface area contributed by atoms with Crippen LogP contribution in [-0.2, 0) is 33.2 Å².